The van der Waals surface area contributed by atoms with Crippen molar-refractivity contribution >= 4 is 23.2 Å². The van der Waals surface area contributed by atoms with E-state index in [-0.39, 0.29) is 24.9 Å². The lowest BCUT2D eigenvalue weighted by molar-refractivity contribution is -0.120. The summed E-state index contributed by atoms with van der Waals surface area (Å²) in [5.74, 6) is -0.321. The number of anilines is 2. The third-order valence-corrected chi connectivity index (χ3v) is 4.64. The van der Waals surface area contributed by atoms with Crippen LogP contribution >= 0.6 is 0 Å². The molecule has 6 nitrogen and oxygen atoms in total. The van der Waals surface area contributed by atoms with Crippen LogP contribution in [-0.2, 0) is 14.3 Å². The molecule has 0 aliphatic carbocycles. The van der Waals surface area contributed by atoms with Crippen molar-refractivity contribution in [2.45, 2.75) is 20.8 Å². The van der Waals surface area contributed by atoms with Gasteiger partial charge in [0.1, 0.15) is 0 Å². The summed E-state index contributed by atoms with van der Waals surface area (Å²) in [7, 11) is 1.60. The van der Waals surface area contributed by atoms with Crippen LogP contribution in [0.25, 0.3) is 0 Å². The highest BCUT2D eigenvalue weighted by Crippen LogP contribution is 2.18. The number of hydrogen-bond acceptors (Lipinski definition) is 4. The minimum Gasteiger partial charge on any atom is -0.383 e. The van der Waals surface area contributed by atoms with Crippen molar-refractivity contribution in [1.82, 2.24) is 4.90 Å². The molecule has 2 aromatic rings. The number of amides is 2. The third-order valence-electron chi connectivity index (χ3n) is 4.64. The molecule has 0 heterocycles. The Morgan fingerprint density at radius 2 is 1.43 bits per heavy atom. The predicted octanol–water partition coefficient (Wildman–Crippen LogP) is 3.14. The van der Waals surface area contributed by atoms with Gasteiger partial charge >= 0.3 is 0 Å². The van der Waals surface area contributed by atoms with E-state index in [9.17, 15) is 9.59 Å². The van der Waals surface area contributed by atoms with E-state index in [1.807, 2.05) is 63.2 Å². The summed E-state index contributed by atoms with van der Waals surface area (Å²) in [5, 5.41) is 5.84. The van der Waals surface area contributed by atoms with Gasteiger partial charge in [-0.05, 0) is 49.6 Å². The van der Waals surface area contributed by atoms with Crippen LogP contribution < -0.4 is 10.6 Å². The third kappa shape index (κ3) is 6.48. The van der Waals surface area contributed by atoms with Crippen LogP contribution in [0.1, 0.15) is 16.7 Å². The van der Waals surface area contributed by atoms with Crippen molar-refractivity contribution in [3.05, 3.63) is 59.2 Å². The lowest BCUT2D eigenvalue weighted by atomic mass is 10.1. The molecule has 0 saturated heterocycles. The fourth-order valence-corrected chi connectivity index (χ4v) is 2.82. The molecule has 0 bridgehead atoms. The highest BCUT2D eigenvalue weighted by atomic mass is 16.5. The van der Waals surface area contributed by atoms with E-state index in [4.69, 9.17) is 4.74 Å². The number of rotatable bonds is 9. The Morgan fingerprint density at radius 3 is 2.07 bits per heavy atom. The minimum absolute atomic E-state index is 0.109. The fourth-order valence-electron chi connectivity index (χ4n) is 2.82. The van der Waals surface area contributed by atoms with Crippen molar-refractivity contribution in [3.8, 4) is 0 Å². The van der Waals surface area contributed by atoms with Crippen molar-refractivity contribution in [2.75, 3.05) is 44.0 Å². The predicted molar refractivity (Wildman–Crippen MR) is 113 cm³/mol. The quantitative estimate of drug-likeness (QED) is 0.698. The molecule has 2 aromatic carbocycles. The van der Waals surface area contributed by atoms with Gasteiger partial charge in [-0.15, -0.1) is 0 Å². The summed E-state index contributed by atoms with van der Waals surface area (Å²) < 4.78 is 5.12. The first kappa shape index (κ1) is 21.6. The number of methoxy groups -OCH3 is 1. The van der Waals surface area contributed by atoms with Crippen molar-refractivity contribution in [1.29, 1.82) is 0 Å². The number of para-hydroxylation sites is 1. The second-order valence-electron chi connectivity index (χ2n) is 6.86. The standard InChI is InChI=1S/C22H29N3O3/c1-16-9-7-11-20(18(16)3)24-22(27)15-25(12-13-28-4)14-21(26)23-19-10-6-5-8-17(19)2/h5-11H,12-15H2,1-4H3,(H,23,26)(H,24,27). The van der Waals surface area contributed by atoms with Gasteiger partial charge in [-0.2, -0.15) is 0 Å². The molecule has 150 valence electrons. The van der Waals surface area contributed by atoms with E-state index in [2.05, 4.69) is 10.6 Å². The van der Waals surface area contributed by atoms with Crippen molar-refractivity contribution in [2.24, 2.45) is 0 Å². The van der Waals surface area contributed by atoms with Gasteiger partial charge in [-0.25, -0.2) is 0 Å². The maximum Gasteiger partial charge on any atom is 0.238 e. The molecular weight excluding hydrogens is 354 g/mol. The number of aryl methyl sites for hydroxylation is 2. The number of ether oxygens (including phenoxy) is 1. The second-order valence-corrected chi connectivity index (χ2v) is 6.86. The van der Waals surface area contributed by atoms with E-state index in [0.717, 1.165) is 28.1 Å². The Labute approximate surface area is 166 Å². The zero-order valence-corrected chi connectivity index (χ0v) is 17.0. The molecular formula is C22H29N3O3. The molecule has 0 radical (unpaired) electrons. The van der Waals surface area contributed by atoms with E-state index in [1.165, 1.54) is 0 Å². The largest absolute Gasteiger partial charge is 0.383 e. The Bertz CT molecular complexity index is 820. The zero-order valence-electron chi connectivity index (χ0n) is 17.0. The van der Waals surface area contributed by atoms with Crippen LogP contribution in [0, 0.1) is 20.8 Å². The van der Waals surface area contributed by atoms with Gasteiger partial charge in [-0.3, -0.25) is 14.5 Å². The first-order chi connectivity index (χ1) is 13.4. The van der Waals surface area contributed by atoms with Crippen LogP contribution in [0.5, 0.6) is 0 Å². The smallest absolute Gasteiger partial charge is 0.238 e. The van der Waals surface area contributed by atoms with Gasteiger partial charge in [0.05, 0.1) is 19.7 Å². The molecule has 0 unspecified atom stereocenters. The molecule has 0 fully saturated rings. The molecule has 2 rings (SSSR count). The first-order valence-electron chi connectivity index (χ1n) is 9.33. The van der Waals surface area contributed by atoms with Gasteiger partial charge in [0.2, 0.25) is 11.8 Å². The second kappa shape index (κ2) is 10.6. The Morgan fingerprint density at radius 1 is 0.857 bits per heavy atom. The van der Waals surface area contributed by atoms with E-state index in [0.29, 0.717) is 13.2 Å². The zero-order chi connectivity index (χ0) is 20.5. The number of hydrogen-bond donors (Lipinski definition) is 2. The number of benzene rings is 2. The van der Waals surface area contributed by atoms with Crippen LogP contribution in [0.3, 0.4) is 0 Å². The van der Waals surface area contributed by atoms with Crippen LogP contribution in [0.4, 0.5) is 11.4 Å². The van der Waals surface area contributed by atoms with E-state index < -0.39 is 0 Å². The molecule has 28 heavy (non-hydrogen) atoms. The topological polar surface area (TPSA) is 70.7 Å². The SMILES string of the molecule is COCCN(CC(=O)Nc1ccccc1C)CC(=O)Nc1cccc(C)c1C. The van der Waals surface area contributed by atoms with Crippen molar-refractivity contribution in [3.63, 3.8) is 0 Å². The van der Waals surface area contributed by atoms with Gasteiger partial charge in [0.15, 0.2) is 0 Å². The first-order valence-corrected chi connectivity index (χ1v) is 9.33. The summed E-state index contributed by atoms with van der Waals surface area (Å²) in [6, 6.07) is 13.4. The number of nitrogens with zero attached hydrogens (tertiary/aromatic N) is 1. The lowest BCUT2D eigenvalue weighted by Gasteiger charge is -2.21. The molecule has 0 aromatic heterocycles. The number of carbonyl (C=O) groups is 2. The summed E-state index contributed by atoms with van der Waals surface area (Å²) in [6.07, 6.45) is 0. The monoisotopic (exact) mass is 383 g/mol. The van der Waals surface area contributed by atoms with Gasteiger partial charge < -0.3 is 15.4 Å². The summed E-state index contributed by atoms with van der Waals surface area (Å²) in [4.78, 5) is 26.7. The molecule has 0 aliphatic rings. The Hall–Kier alpha value is -2.70. The average Bonchev–Trinajstić information content (AvgIpc) is 2.65. The van der Waals surface area contributed by atoms with Gasteiger partial charge in [0.25, 0.3) is 0 Å². The Balaban J connectivity index is 1.98. The lowest BCUT2D eigenvalue weighted by Crippen LogP contribution is -2.40. The summed E-state index contributed by atoms with van der Waals surface area (Å²) in [6.45, 7) is 7.06. The molecule has 6 heteroatoms. The Kier molecular flexibility index (Phi) is 8.17. The summed E-state index contributed by atoms with van der Waals surface area (Å²) >= 11 is 0. The molecule has 0 spiro atoms. The minimum atomic E-state index is -0.162. The summed E-state index contributed by atoms with van der Waals surface area (Å²) in [5.41, 5.74) is 4.72. The van der Waals surface area contributed by atoms with Crippen LogP contribution in [0.2, 0.25) is 0 Å². The van der Waals surface area contributed by atoms with E-state index >= 15 is 0 Å². The highest BCUT2D eigenvalue weighted by Gasteiger charge is 2.16. The highest BCUT2D eigenvalue weighted by molar-refractivity contribution is 5.95. The van der Waals surface area contributed by atoms with Gasteiger partial charge in [-0.1, -0.05) is 30.3 Å². The molecule has 0 saturated carbocycles. The van der Waals surface area contributed by atoms with E-state index in [1.54, 1.807) is 12.0 Å². The molecule has 2 amide bonds. The fraction of sp³-hybridized carbons (Fsp3) is 0.364. The van der Waals surface area contributed by atoms with Gasteiger partial charge in [0, 0.05) is 25.0 Å². The number of carbonyl (C=O) groups excluding carboxylic acids is 2. The normalized spacial score (nSPS) is 10.8. The average molecular weight is 383 g/mol. The van der Waals surface area contributed by atoms with Crippen molar-refractivity contribution < 1.29 is 14.3 Å². The number of nitrogens with one attached hydrogen (secondary N) is 2. The maximum absolute atomic E-state index is 12.5. The van der Waals surface area contributed by atoms with Crippen LogP contribution in [-0.4, -0.2) is 50.1 Å². The molecule has 0 atom stereocenters. The maximum atomic E-state index is 12.5. The van der Waals surface area contributed by atoms with Crippen LogP contribution in [0.15, 0.2) is 42.5 Å². The molecule has 0 aliphatic heterocycles. The molecule has 2 N–H and O–H groups in total.